The minimum Gasteiger partial charge on any atom is -0.378 e. The fraction of sp³-hybridized carbons (Fsp3) is 0.625. The van der Waals surface area contributed by atoms with Crippen LogP contribution >= 0.6 is 0 Å². The summed E-state index contributed by atoms with van der Waals surface area (Å²) < 4.78 is 7.24. The average Bonchev–Trinajstić information content (AvgIpc) is 2.71. The van der Waals surface area contributed by atoms with Crippen molar-refractivity contribution in [2.24, 2.45) is 5.84 Å². The van der Waals surface area contributed by atoms with Crippen LogP contribution in [0, 0.1) is 0 Å². The molecule has 2 atom stereocenters. The van der Waals surface area contributed by atoms with E-state index in [1.807, 2.05) is 16.9 Å². The van der Waals surface area contributed by atoms with Crippen molar-refractivity contribution in [2.45, 2.75) is 12.1 Å². The zero-order valence-corrected chi connectivity index (χ0v) is 7.63. The maximum Gasteiger partial charge on any atom is 0.0948 e. The Morgan fingerprint density at radius 1 is 1.54 bits per heavy atom. The summed E-state index contributed by atoms with van der Waals surface area (Å²) in [5, 5.41) is 5.95. The van der Waals surface area contributed by atoms with Crippen molar-refractivity contribution in [3.05, 3.63) is 18.5 Å². The van der Waals surface area contributed by atoms with Crippen molar-refractivity contribution >= 4 is 0 Å². The SMILES string of the molecule is CO[C@H]1CN(N)C[C@@H]1n1cccn1. The van der Waals surface area contributed by atoms with Crippen molar-refractivity contribution in [1.29, 1.82) is 0 Å². The number of nitrogens with zero attached hydrogens (tertiary/aromatic N) is 3. The predicted molar refractivity (Wildman–Crippen MR) is 47.8 cm³/mol. The molecule has 0 radical (unpaired) electrons. The van der Waals surface area contributed by atoms with E-state index in [4.69, 9.17) is 10.6 Å². The van der Waals surface area contributed by atoms with Crippen molar-refractivity contribution < 1.29 is 4.74 Å². The number of hydrogen-bond donors (Lipinski definition) is 1. The maximum absolute atomic E-state index is 5.71. The minimum absolute atomic E-state index is 0.143. The summed E-state index contributed by atoms with van der Waals surface area (Å²) in [7, 11) is 1.71. The molecular formula is C8H14N4O. The number of aromatic nitrogens is 2. The molecule has 1 aliphatic rings. The van der Waals surface area contributed by atoms with Crippen LogP contribution in [0.25, 0.3) is 0 Å². The molecule has 1 aromatic heterocycles. The summed E-state index contributed by atoms with van der Waals surface area (Å²) in [6.45, 7) is 1.56. The lowest BCUT2D eigenvalue weighted by atomic mass is 10.2. The molecule has 5 nitrogen and oxygen atoms in total. The standard InChI is InChI=1S/C8H14N4O/c1-13-8-6-11(9)5-7(8)12-4-2-3-10-12/h2-4,7-8H,5-6,9H2,1H3/t7-,8-/m0/s1. The molecule has 0 spiro atoms. The smallest absolute Gasteiger partial charge is 0.0948 e. The summed E-state index contributed by atoms with van der Waals surface area (Å²) in [4.78, 5) is 0. The fourth-order valence-corrected chi connectivity index (χ4v) is 1.75. The Labute approximate surface area is 77.0 Å². The van der Waals surface area contributed by atoms with Crippen molar-refractivity contribution in [3.63, 3.8) is 0 Å². The van der Waals surface area contributed by atoms with Gasteiger partial charge in [-0.2, -0.15) is 5.10 Å². The summed E-state index contributed by atoms with van der Waals surface area (Å²) in [6.07, 6.45) is 3.85. The quantitative estimate of drug-likeness (QED) is 0.634. The zero-order valence-electron chi connectivity index (χ0n) is 7.63. The third-order valence-electron chi connectivity index (χ3n) is 2.43. The second kappa shape index (κ2) is 3.45. The number of nitrogens with two attached hydrogens (primary N) is 1. The third-order valence-corrected chi connectivity index (χ3v) is 2.43. The third kappa shape index (κ3) is 1.58. The van der Waals surface area contributed by atoms with Gasteiger partial charge in [-0.25, -0.2) is 5.01 Å². The van der Waals surface area contributed by atoms with E-state index in [2.05, 4.69) is 5.10 Å². The molecule has 1 fully saturated rings. The number of hydrogen-bond acceptors (Lipinski definition) is 4. The molecule has 5 heteroatoms. The van der Waals surface area contributed by atoms with Crippen molar-refractivity contribution in [2.75, 3.05) is 20.2 Å². The summed E-state index contributed by atoms with van der Waals surface area (Å²) in [6, 6.07) is 2.15. The van der Waals surface area contributed by atoms with Gasteiger partial charge < -0.3 is 4.74 Å². The lowest BCUT2D eigenvalue weighted by Gasteiger charge is -2.16. The first-order valence-corrected chi connectivity index (χ1v) is 4.33. The molecule has 1 aromatic rings. The van der Waals surface area contributed by atoms with Gasteiger partial charge in [0.1, 0.15) is 0 Å². The molecule has 1 saturated heterocycles. The van der Waals surface area contributed by atoms with E-state index >= 15 is 0 Å². The van der Waals surface area contributed by atoms with E-state index in [-0.39, 0.29) is 12.1 Å². The Morgan fingerprint density at radius 2 is 2.38 bits per heavy atom. The summed E-state index contributed by atoms with van der Waals surface area (Å²) >= 11 is 0. The molecule has 0 saturated carbocycles. The van der Waals surface area contributed by atoms with Crippen LogP contribution in [0.2, 0.25) is 0 Å². The van der Waals surface area contributed by atoms with E-state index in [9.17, 15) is 0 Å². The summed E-state index contributed by atoms with van der Waals surface area (Å²) in [5.74, 6) is 5.71. The van der Waals surface area contributed by atoms with Crippen LogP contribution in [0.3, 0.4) is 0 Å². The van der Waals surface area contributed by atoms with E-state index in [0.29, 0.717) is 0 Å². The van der Waals surface area contributed by atoms with Crippen LogP contribution in [0.5, 0.6) is 0 Å². The highest BCUT2D eigenvalue weighted by molar-refractivity contribution is 4.90. The first kappa shape index (κ1) is 8.68. The van der Waals surface area contributed by atoms with E-state index in [1.165, 1.54) is 0 Å². The molecular weight excluding hydrogens is 168 g/mol. The molecule has 2 N–H and O–H groups in total. The van der Waals surface area contributed by atoms with Gasteiger partial charge in [0.15, 0.2) is 0 Å². The molecule has 0 aromatic carbocycles. The Morgan fingerprint density at radius 3 is 3.00 bits per heavy atom. The average molecular weight is 182 g/mol. The van der Waals surface area contributed by atoms with Gasteiger partial charge in [-0.3, -0.25) is 10.5 Å². The largest absolute Gasteiger partial charge is 0.378 e. The molecule has 1 aliphatic heterocycles. The van der Waals surface area contributed by atoms with Crippen LogP contribution in [-0.4, -0.2) is 41.1 Å². The van der Waals surface area contributed by atoms with Crippen molar-refractivity contribution in [1.82, 2.24) is 14.8 Å². The van der Waals surface area contributed by atoms with Crippen LogP contribution in [0.1, 0.15) is 6.04 Å². The van der Waals surface area contributed by atoms with Crippen LogP contribution < -0.4 is 5.84 Å². The second-order valence-electron chi connectivity index (χ2n) is 3.28. The van der Waals surface area contributed by atoms with Crippen LogP contribution in [-0.2, 0) is 4.74 Å². The Hall–Kier alpha value is -0.910. The van der Waals surface area contributed by atoms with Gasteiger partial charge in [0, 0.05) is 32.6 Å². The number of rotatable bonds is 2. The van der Waals surface area contributed by atoms with Gasteiger partial charge in [0.05, 0.1) is 12.1 Å². The lowest BCUT2D eigenvalue weighted by molar-refractivity contribution is 0.0782. The first-order chi connectivity index (χ1) is 6.31. The Bertz CT molecular complexity index is 261. The van der Waals surface area contributed by atoms with E-state index < -0.39 is 0 Å². The molecule has 0 bridgehead atoms. The molecule has 13 heavy (non-hydrogen) atoms. The molecule has 2 heterocycles. The highest BCUT2D eigenvalue weighted by Gasteiger charge is 2.32. The van der Waals surface area contributed by atoms with E-state index in [1.54, 1.807) is 18.3 Å². The van der Waals surface area contributed by atoms with Gasteiger partial charge in [0.2, 0.25) is 0 Å². The van der Waals surface area contributed by atoms with Gasteiger partial charge in [-0.15, -0.1) is 0 Å². The fourth-order valence-electron chi connectivity index (χ4n) is 1.75. The molecule has 0 aliphatic carbocycles. The number of hydrazine groups is 1. The van der Waals surface area contributed by atoms with E-state index in [0.717, 1.165) is 13.1 Å². The van der Waals surface area contributed by atoms with Crippen LogP contribution in [0.4, 0.5) is 0 Å². The minimum atomic E-state index is 0.143. The molecule has 0 amide bonds. The maximum atomic E-state index is 5.71. The highest BCUT2D eigenvalue weighted by Crippen LogP contribution is 2.20. The topological polar surface area (TPSA) is 56.3 Å². The second-order valence-corrected chi connectivity index (χ2v) is 3.28. The summed E-state index contributed by atoms with van der Waals surface area (Å²) in [5.41, 5.74) is 0. The zero-order chi connectivity index (χ0) is 9.26. The van der Waals surface area contributed by atoms with Gasteiger partial charge in [-0.1, -0.05) is 0 Å². The monoisotopic (exact) mass is 182 g/mol. The molecule has 0 unspecified atom stereocenters. The predicted octanol–water partition coefficient (Wildman–Crippen LogP) is -0.371. The molecule has 72 valence electrons. The van der Waals surface area contributed by atoms with Gasteiger partial charge in [-0.05, 0) is 6.07 Å². The Kier molecular flexibility index (Phi) is 2.30. The Balaban J connectivity index is 2.14. The lowest BCUT2D eigenvalue weighted by Crippen LogP contribution is -2.29. The van der Waals surface area contributed by atoms with Gasteiger partial charge in [0.25, 0.3) is 0 Å². The highest BCUT2D eigenvalue weighted by atomic mass is 16.5. The first-order valence-electron chi connectivity index (χ1n) is 4.33. The van der Waals surface area contributed by atoms with Gasteiger partial charge >= 0.3 is 0 Å². The van der Waals surface area contributed by atoms with Crippen molar-refractivity contribution in [3.8, 4) is 0 Å². The van der Waals surface area contributed by atoms with Crippen LogP contribution in [0.15, 0.2) is 18.5 Å². The normalized spacial score (nSPS) is 29.7. The molecule has 2 rings (SSSR count). The number of methoxy groups -OCH3 is 1. The number of ether oxygens (including phenoxy) is 1.